The van der Waals surface area contributed by atoms with Gasteiger partial charge in [0.1, 0.15) is 5.82 Å². The quantitative estimate of drug-likeness (QED) is 0.817. The summed E-state index contributed by atoms with van der Waals surface area (Å²) in [6, 6.07) is 4.59. The van der Waals surface area contributed by atoms with Gasteiger partial charge in [0.15, 0.2) is 0 Å². The Labute approximate surface area is 92.1 Å². The largest absolute Gasteiger partial charge is 0.388 e. The summed E-state index contributed by atoms with van der Waals surface area (Å²) in [6.07, 6.45) is -0.792. The van der Waals surface area contributed by atoms with Crippen molar-refractivity contribution in [2.24, 2.45) is 5.41 Å². The van der Waals surface area contributed by atoms with Crippen LogP contribution in [0.2, 0.25) is 0 Å². The Bertz CT molecular complexity index is 331. The summed E-state index contributed by atoms with van der Waals surface area (Å²) in [6.45, 7) is 5.62. The highest BCUT2D eigenvalue weighted by Crippen LogP contribution is 2.34. The van der Waals surface area contributed by atoms with E-state index >= 15 is 0 Å². The fourth-order valence-corrected chi connectivity index (χ4v) is 1.57. The molecule has 0 saturated heterocycles. The van der Waals surface area contributed by atoms with E-state index < -0.39 is 6.10 Å². The molecule has 0 aliphatic rings. The van der Waals surface area contributed by atoms with Crippen LogP contribution in [0.4, 0.5) is 4.39 Å². The molecule has 0 aliphatic heterocycles. The van der Waals surface area contributed by atoms with Crippen molar-refractivity contribution in [2.75, 3.05) is 0 Å². The monoisotopic (exact) mass is 260 g/mol. The zero-order valence-corrected chi connectivity index (χ0v) is 10.1. The molecule has 0 aliphatic carbocycles. The number of aliphatic hydroxyl groups excluding tert-OH is 1. The Kier molecular flexibility index (Phi) is 3.32. The second kappa shape index (κ2) is 3.99. The first-order valence-electron chi connectivity index (χ1n) is 4.45. The normalized spacial score (nSPS) is 14.1. The van der Waals surface area contributed by atoms with Crippen LogP contribution in [-0.4, -0.2) is 5.11 Å². The van der Waals surface area contributed by atoms with E-state index in [1.54, 1.807) is 12.1 Å². The Balaban J connectivity index is 3.12. The first-order chi connectivity index (χ1) is 6.32. The Morgan fingerprint density at radius 1 is 1.36 bits per heavy atom. The topological polar surface area (TPSA) is 20.2 Å². The average molecular weight is 261 g/mol. The molecule has 0 amide bonds. The number of aliphatic hydroxyl groups is 1. The van der Waals surface area contributed by atoms with E-state index in [2.05, 4.69) is 15.9 Å². The minimum atomic E-state index is -0.792. The number of halogens is 2. The van der Waals surface area contributed by atoms with Crippen LogP contribution < -0.4 is 0 Å². The van der Waals surface area contributed by atoms with E-state index in [0.29, 0.717) is 5.56 Å². The fraction of sp³-hybridized carbons (Fsp3) is 0.455. The highest BCUT2D eigenvalue weighted by molar-refractivity contribution is 9.10. The molecule has 1 aromatic rings. The first kappa shape index (κ1) is 11.7. The highest BCUT2D eigenvalue weighted by atomic mass is 79.9. The summed E-state index contributed by atoms with van der Waals surface area (Å²) in [5, 5.41) is 9.90. The smallest absolute Gasteiger partial charge is 0.129 e. The number of hydrogen-bond donors (Lipinski definition) is 1. The number of hydrogen-bond acceptors (Lipinski definition) is 1. The fourth-order valence-electron chi connectivity index (χ4n) is 1.19. The zero-order valence-electron chi connectivity index (χ0n) is 8.51. The Morgan fingerprint density at radius 2 is 1.93 bits per heavy atom. The van der Waals surface area contributed by atoms with Gasteiger partial charge in [0, 0.05) is 10.0 Å². The van der Waals surface area contributed by atoms with Crippen molar-refractivity contribution in [3.8, 4) is 0 Å². The van der Waals surface area contributed by atoms with Gasteiger partial charge < -0.3 is 5.11 Å². The lowest BCUT2D eigenvalue weighted by atomic mass is 9.85. The maximum absolute atomic E-state index is 13.4. The molecule has 0 aromatic heterocycles. The van der Waals surface area contributed by atoms with Gasteiger partial charge in [-0.05, 0) is 23.6 Å². The summed E-state index contributed by atoms with van der Waals surface area (Å²) < 4.78 is 14.1. The van der Waals surface area contributed by atoms with E-state index in [1.807, 2.05) is 20.8 Å². The van der Waals surface area contributed by atoms with Crippen LogP contribution in [0.3, 0.4) is 0 Å². The van der Waals surface area contributed by atoms with Crippen LogP contribution in [0.15, 0.2) is 22.7 Å². The van der Waals surface area contributed by atoms with Gasteiger partial charge in [-0.25, -0.2) is 4.39 Å². The molecule has 0 spiro atoms. The van der Waals surface area contributed by atoms with Gasteiger partial charge in [0.2, 0.25) is 0 Å². The van der Waals surface area contributed by atoms with Gasteiger partial charge in [-0.15, -0.1) is 0 Å². The summed E-state index contributed by atoms with van der Waals surface area (Å²) in [5.74, 6) is -0.365. The van der Waals surface area contributed by atoms with Gasteiger partial charge in [-0.3, -0.25) is 0 Å². The maximum Gasteiger partial charge on any atom is 0.129 e. The molecule has 0 radical (unpaired) electrons. The molecule has 78 valence electrons. The van der Waals surface area contributed by atoms with Gasteiger partial charge >= 0.3 is 0 Å². The minimum Gasteiger partial charge on any atom is -0.388 e. The molecule has 1 unspecified atom stereocenters. The molecule has 1 aromatic carbocycles. The van der Waals surface area contributed by atoms with Crippen LogP contribution in [-0.2, 0) is 0 Å². The summed E-state index contributed by atoms with van der Waals surface area (Å²) in [4.78, 5) is 0. The molecule has 0 heterocycles. The zero-order chi connectivity index (χ0) is 10.9. The Morgan fingerprint density at radius 3 is 2.43 bits per heavy atom. The molecule has 3 heteroatoms. The minimum absolute atomic E-state index is 0.340. The van der Waals surface area contributed by atoms with E-state index in [1.165, 1.54) is 6.07 Å². The van der Waals surface area contributed by atoms with Crippen LogP contribution in [0, 0.1) is 11.2 Å². The van der Waals surface area contributed by atoms with Crippen LogP contribution in [0.5, 0.6) is 0 Å². The van der Waals surface area contributed by atoms with Crippen molar-refractivity contribution >= 4 is 15.9 Å². The molecule has 0 fully saturated rings. The van der Waals surface area contributed by atoms with Crippen molar-refractivity contribution in [1.29, 1.82) is 0 Å². The third kappa shape index (κ3) is 2.55. The molecule has 14 heavy (non-hydrogen) atoms. The molecule has 1 atom stereocenters. The van der Waals surface area contributed by atoms with Gasteiger partial charge in [0.05, 0.1) is 6.10 Å². The SMILES string of the molecule is CC(C)(C)C(O)c1cc(Br)ccc1F. The van der Waals surface area contributed by atoms with Crippen molar-refractivity contribution in [2.45, 2.75) is 26.9 Å². The van der Waals surface area contributed by atoms with E-state index in [-0.39, 0.29) is 11.2 Å². The standard InChI is InChI=1S/C11H14BrFO/c1-11(2,3)10(14)8-6-7(12)4-5-9(8)13/h4-6,10,14H,1-3H3. The average Bonchev–Trinajstić information content (AvgIpc) is 2.06. The Hall–Kier alpha value is -0.410. The lowest BCUT2D eigenvalue weighted by molar-refractivity contribution is 0.0594. The van der Waals surface area contributed by atoms with E-state index in [0.717, 1.165) is 4.47 Å². The van der Waals surface area contributed by atoms with Gasteiger partial charge in [0.25, 0.3) is 0 Å². The molecular formula is C11H14BrFO. The van der Waals surface area contributed by atoms with Crippen LogP contribution in [0.25, 0.3) is 0 Å². The van der Waals surface area contributed by atoms with E-state index in [9.17, 15) is 9.50 Å². The highest BCUT2D eigenvalue weighted by Gasteiger charge is 2.26. The second-order valence-electron chi connectivity index (χ2n) is 4.43. The first-order valence-corrected chi connectivity index (χ1v) is 5.24. The predicted octanol–water partition coefficient (Wildman–Crippen LogP) is 3.67. The third-order valence-electron chi connectivity index (χ3n) is 2.07. The molecule has 1 rings (SSSR count). The van der Waals surface area contributed by atoms with Crippen molar-refractivity contribution in [3.63, 3.8) is 0 Å². The number of benzene rings is 1. The molecule has 0 bridgehead atoms. The predicted molar refractivity (Wildman–Crippen MR) is 58.5 cm³/mol. The lowest BCUT2D eigenvalue weighted by Crippen LogP contribution is -2.18. The van der Waals surface area contributed by atoms with Crippen molar-refractivity contribution in [3.05, 3.63) is 34.1 Å². The summed E-state index contributed by atoms with van der Waals surface area (Å²) in [7, 11) is 0. The van der Waals surface area contributed by atoms with Gasteiger partial charge in [-0.2, -0.15) is 0 Å². The van der Waals surface area contributed by atoms with Crippen LogP contribution in [0.1, 0.15) is 32.4 Å². The summed E-state index contributed by atoms with van der Waals surface area (Å²) >= 11 is 3.25. The van der Waals surface area contributed by atoms with Crippen LogP contribution >= 0.6 is 15.9 Å². The summed E-state index contributed by atoms with van der Waals surface area (Å²) in [5.41, 5.74) is -0.0198. The second-order valence-corrected chi connectivity index (χ2v) is 5.35. The van der Waals surface area contributed by atoms with Crippen molar-refractivity contribution in [1.82, 2.24) is 0 Å². The third-order valence-corrected chi connectivity index (χ3v) is 2.57. The van der Waals surface area contributed by atoms with Crippen molar-refractivity contribution < 1.29 is 9.50 Å². The maximum atomic E-state index is 13.4. The number of rotatable bonds is 1. The molecule has 1 N–H and O–H groups in total. The van der Waals surface area contributed by atoms with Gasteiger partial charge in [-0.1, -0.05) is 36.7 Å². The lowest BCUT2D eigenvalue weighted by Gasteiger charge is -2.26. The van der Waals surface area contributed by atoms with E-state index in [4.69, 9.17) is 0 Å². The molecule has 0 saturated carbocycles. The molecule has 1 nitrogen and oxygen atoms in total. The molecular weight excluding hydrogens is 247 g/mol.